The number of sulfonamides is 1. The molecule has 0 radical (unpaired) electrons. The molecule has 1 aliphatic rings. The number of hydrogen-bond acceptors (Lipinski definition) is 6. The first-order valence-corrected chi connectivity index (χ1v) is 11.4. The van der Waals surface area contributed by atoms with E-state index in [0.29, 0.717) is 25.8 Å². The number of aryl methyl sites for hydroxylation is 1. The lowest BCUT2D eigenvalue weighted by molar-refractivity contribution is -0.126. The molecule has 1 aliphatic heterocycles. The summed E-state index contributed by atoms with van der Waals surface area (Å²) in [5, 5.41) is 2.86. The van der Waals surface area contributed by atoms with Crippen LogP contribution in [0.15, 0.2) is 38.8 Å². The lowest BCUT2D eigenvalue weighted by Crippen LogP contribution is -2.47. The molecule has 1 saturated heterocycles. The summed E-state index contributed by atoms with van der Waals surface area (Å²) in [6.07, 6.45) is 1.62. The maximum absolute atomic E-state index is 13.0. The second-order valence-corrected chi connectivity index (χ2v) is 9.29. The SMILES string of the molecule is COc1ccccc1CCNC(=O)[C@@H]1CCCN(S(=O)(=O)c2c(C)[nH]c(=O)[nH]c2=O)C1. The summed E-state index contributed by atoms with van der Waals surface area (Å²) in [4.78, 5) is 39.9. The molecule has 1 aromatic heterocycles. The number of aromatic amines is 2. The van der Waals surface area contributed by atoms with E-state index in [-0.39, 0.29) is 24.7 Å². The van der Waals surface area contributed by atoms with Gasteiger partial charge in [-0.2, -0.15) is 4.31 Å². The Labute approximate surface area is 179 Å². The highest BCUT2D eigenvalue weighted by atomic mass is 32.2. The smallest absolute Gasteiger partial charge is 0.325 e. The standard InChI is InChI=1S/C20H26N4O6S/c1-13-17(19(26)23-20(27)22-13)31(28,29)24-11-5-7-15(12-24)18(25)21-10-9-14-6-3-4-8-16(14)30-2/h3-4,6,8,15H,5,7,9-12H2,1-2H3,(H,21,25)(H2,22,23,26,27)/t15-/m1/s1. The van der Waals surface area contributed by atoms with E-state index in [1.54, 1.807) is 7.11 Å². The summed E-state index contributed by atoms with van der Waals surface area (Å²) >= 11 is 0. The third-order valence-electron chi connectivity index (χ3n) is 5.31. The Morgan fingerprint density at radius 3 is 2.71 bits per heavy atom. The fourth-order valence-corrected chi connectivity index (χ4v) is 5.50. The Morgan fingerprint density at radius 2 is 2.00 bits per heavy atom. The normalized spacial score (nSPS) is 17.3. The molecule has 1 amide bonds. The summed E-state index contributed by atoms with van der Waals surface area (Å²) in [6, 6.07) is 7.53. The molecule has 0 unspecified atom stereocenters. The van der Waals surface area contributed by atoms with Crippen LogP contribution in [0.2, 0.25) is 0 Å². The third kappa shape index (κ3) is 5.05. The number of hydrogen-bond donors (Lipinski definition) is 3. The highest BCUT2D eigenvalue weighted by Crippen LogP contribution is 2.23. The van der Waals surface area contributed by atoms with Gasteiger partial charge in [0.15, 0.2) is 4.90 Å². The predicted molar refractivity (Wildman–Crippen MR) is 114 cm³/mol. The highest BCUT2D eigenvalue weighted by molar-refractivity contribution is 7.89. The third-order valence-corrected chi connectivity index (χ3v) is 7.33. The molecule has 1 atom stereocenters. The number of para-hydroxylation sites is 1. The lowest BCUT2D eigenvalue weighted by atomic mass is 9.98. The largest absolute Gasteiger partial charge is 0.496 e. The van der Waals surface area contributed by atoms with E-state index in [1.807, 2.05) is 29.2 Å². The van der Waals surface area contributed by atoms with Crippen LogP contribution in [-0.4, -0.2) is 55.3 Å². The fraction of sp³-hybridized carbons (Fsp3) is 0.450. The van der Waals surface area contributed by atoms with Crippen molar-refractivity contribution < 1.29 is 17.9 Å². The number of ether oxygens (including phenoxy) is 1. The zero-order valence-electron chi connectivity index (χ0n) is 17.4. The van der Waals surface area contributed by atoms with E-state index >= 15 is 0 Å². The fourth-order valence-electron chi connectivity index (χ4n) is 3.78. The minimum Gasteiger partial charge on any atom is -0.496 e. The summed E-state index contributed by atoms with van der Waals surface area (Å²) in [6.45, 7) is 1.92. The molecule has 3 N–H and O–H groups in total. The van der Waals surface area contributed by atoms with Gasteiger partial charge >= 0.3 is 5.69 Å². The zero-order valence-corrected chi connectivity index (χ0v) is 18.3. The number of carbonyl (C=O) groups excluding carboxylic acids is 1. The van der Waals surface area contributed by atoms with Gasteiger partial charge in [0.1, 0.15) is 5.75 Å². The number of nitrogens with one attached hydrogen (secondary N) is 3. The van der Waals surface area contributed by atoms with E-state index in [2.05, 4.69) is 10.3 Å². The molecule has 168 valence electrons. The maximum atomic E-state index is 13.0. The van der Waals surface area contributed by atoms with Gasteiger partial charge in [-0.1, -0.05) is 18.2 Å². The molecule has 0 aliphatic carbocycles. The summed E-state index contributed by atoms with van der Waals surface area (Å²) in [7, 11) is -2.57. The van der Waals surface area contributed by atoms with Crippen LogP contribution >= 0.6 is 0 Å². The summed E-state index contributed by atoms with van der Waals surface area (Å²) < 4.78 is 32.5. The Kier molecular flexibility index (Phi) is 6.96. The van der Waals surface area contributed by atoms with Gasteiger partial charge in [-0.15, -0.1) is 0 Å². The maximum Gasteiger partial charge on any atom is 0.325 e. The van der Waals surface area contributed by atoms with Gasteiger partial charge in [0.25, 0.3) is 5.56 Å². The molecule has 1 fully saturated rings. The van der Waals surface area contributed by atoms with Gasteiger partial charge in [-0.05, 0) is 37.8 Å². The highest BCUT2D eigenvalue weighted by Gasteiger charge is 2.35. The second kappa shape index (κ2) is 9.48. The number of rotatable bonds is 7. The number of H-pyrrole nitrogens is 2. The van der Waals surface area contributed by atoms with E-state index in [9.17, 15) is 22.8 Å². The van der Waals surface area contributed by atoms with Crippen molar-refractivity contribution in [2.75, 3.05) is 26.7 Å². The molecule has 0 spiro atoms. The number of carbonyl (C=O) groups is 1. The Balaban J connectivity index is 1.67. The Hall–Kier alpha value is -2.92. The van der Waals surface area contributed by atoms with E-state index in [0.717, 1.165) is 15.6 Å². The topological polar surface area (TPSA) is 141 Å². The van der Waals surface area contributed by atoms with Crippen LogP contribution in [0.3, 0.4) is 0 Å². The quantitative estimate of drug-likeness (QED) is 0.548. The first-order valence-electron chi connectivity index (χ1n) is 9.97. The van der Waals surface area contributed by atoms with Crippen molar-refractivity contribution in [3.05, 3.63) is 56.4 Å². The van der Waals surface area contributed by atoms with Crippen LogP contribution in [0.1, 0.15) is 24.1 Å². The van der Waals surface area contributed by atoms with Gasteiger partial charge in [0.2, 0.25) is 15.9 Å². The first-order chi connectivity index (χ1) is 14.7. The van der Waals surface area contributed by atoms with Crippen LogP contribution in [0, 0.1) is 12.8 Å². The molecule has 0 bridgehead atoms. The summed E-state index contributed by atoms with van der Waals surface area (Å²) in [5.41, 5.74) is -0.805. The lowest BCUT2D eigenvalue weighted by Gasteiger charge is -2.31. The van der Waals surface area contributed by atoms with Crippen LogP contribution in [0.25, 0.3) is 0 Å². The molecule has 10 nitrogen and oxygen atoms in total. The molecule has 11 heteroatoms. The van der Waals surface area contributed by atoms with Gasteiger partial charge in [0, 0.05) is 25.3 Å². The van der Waals surface area contributed by atoms with E-state index < -0.39 is 32.1 Å². The van der Waals surface area contributed by atoms with E-state index in [1.165, 1.54) is 6.92 Å². The predicted octanol–water partition coefficient (Wildman–Crippen LogP) is 0.140. The van der Waals surface area contributed by atoms with Crippen molar-refractivity contribution in [2.45, 2.75) is 31.1 Å². The molecular formula is C20H26N4O6S. The van der Waals surface area contributed by atoms with Gasteiger partial charge < -0.3 is 15.0 Å². The Morgan fingerprint density at radius 1 is 1.26 bits per heavy atom. The molecule has 2 heterocycles. The van der Waals surface area contributed by atoms with Crippen LogP contribution < -0.4 is 21.3 Å². The first kappa shape index (κ1) is 22.8. The average molecular weight is 451 g/mol. The number of aromatic nitrogens is 2. The number of nitrogens with zero attached hydrogens (tertiary/aromatic N) is 1. The van der Waals surface area contributed by atoms with Crippen molar-refractivity contribution in [3.63, 3.8) is 0 Å². The minimum atomic E-state index is -4.16. The van der Waals surface area contributed by atoms with E-state index in [4.69, 9.17) is 4.74 Å². The molecule has 0 saturated carbocycles. The van der Waals surface area contributed by atoms with Crippen LogP contribution in [-0.2, 0) is 21.2 Å². The van der Waals surface area contributed by atoms with Crippen molar-refractivity contribution in [3.8, 4) is 5.75 Å². The summed E-state index contributed by atoms with van der Waals surface area (Å²) in [5.74, 6) is -0.0154. The van der Waals surface area contributed by atoms with Crippen LogP contribution in [0.5, 0.6) is 5.75 Å². The van der Waals surface area contributed by atoms with Crippen molar-refractivity contribution in [1.29, 1.82) is 0 Å². The van der Waals surface area contributed by atoms with Crippen molar-refractivity contribution in [1.82, 2.24) is 19.6 Å². The number of amides is 1. The molecule has 3 rings (SSSR count). The monoisotopic (exact) mass is 450 g/mol. The minimum absolute atomic E-state index is 0.0270. The molecule has 1 aromatic carbocycles. The zero-order chi connectivity index (χ0) is 22.6. The molecule has 31 heavy (non-hydrogen) atoms. The van der Waals surface area contributed by atoms with Crippen molar-refractivity contribution in [2.24, 2.45) is 5.92 Å². The molecular weight excluding hydrogens is 424 g/mol. The average Bonchev–Trinajstić information content (AvgIpc) is 2.73. The van der Waals surface area contributed by atoms with Gasteiger partial charge in [0.05, 0.1) is 13.0 Å². The Bertz CT molecular complexity index is 1170. The molecule has 2 aromatic rings. The second-order valence-electron chi connectivity index (χ2n) is 7.42. The van der Waals surface area contributed by atoms with Crippen molar-refractivity contribution >= 4 is 15.9 Å². The van der Waals surface area contributed by atoms with Crippen LogP contribution in [0.4, 0.5) is 0 Å². The van der Waals surface area contributed by atoms with Gasteiger partial charge in [-0.3, -0.25) is 14.6 Å². The number of piperidine rings is 1. The number of benzene rings is 1. The van der Waals surface area contributed by atoms with Gasteiger partial charge in [-0.25, -0.2) is 13.2 Å². The number of methoxy groups -OCH3 is 1.